The van der Waals surface area contributed by atoms with Crippen molar-refractivity contribution in [3.8, 4) is 5.75 Å². The highest BCUT2D eigenvalue weighted by Gasteiger charge is 2.42. The minimum atomic E-state index is -3.08. The number of aryl methyl sites for hydroxylation is 3. The molecule has 1 aliphatic heterocycles. The van der Waals surface area contributed by atoms with E-state index in [2.05, 4.69) is 27.4 Å². The van der Waals surface area contributed by atoms with Gasteiger partial charge in [0.1, 0.15) is 5.75 Å². The predicted octanol–water partition coefficient (Wildman–Crippen LogP) is 4.95. The van der Waals surface area contributed by atoms with Crippen molar-refractivity contribution in [2.45, 2.75) is 56.1 Å². The quantitative estimate of drug-likeness (QED) is 0.400. The van der Waals surface area contributed by atoms with E-state index in [0.29, 0.717) is 18.2 Å². The van der Waals surface area contributed by atoms with Gasteiger partial charge in [0.05, 0.1) is 18.0 Å². The van der Waals surface area contributed by atoms with Gasteiger partial charge in [-0.1, -0.05) is 24.1 Å². The largest absolute Gasteiger partial charge is 0.490 e. The van der Waals surface area contributed by atoms with Crippen LogP contribution in [0.2, 0.25) is 5.02 Å². The maximum absolute atomic E-state index is 13.2. The van der Waals surface area contributed by atoms with E-state index in [9.17, 15) is 13.2 Å². The molecule has 0 radical (unpaired) electrons. The first kappa shape index (κ1) is 27.1. The molecule has 2 heterocycles. The molecule has 1 amide bonds. The topological polar surface area (TPSA) is 93.5 Å². The lowest BCUT2D eigenvalue weighted by molar-refractivity contribution is -0.115. The first-order valence-electron chi connectivity index (χ1n) is 14.0. The molecule has 1 N–H and O–H groups in total. The Bertz CT molecular complexity index is 1500. The average Bonchev–Trinajstić information content (AvgIpc) is 3.12. The van der Waals surface area contributed by atoms with Crippen LogP contribution in [0, 0.1) is 12.8 Å². The van der Waals surface area contributed by atoms with Crippen LogP contribution in [0.3, 0.4) is 0 Å². The molecule has 3 aromatic rings. The Hall–Kier alpha value is -3.04. The van der Waals surface area contributed by atoms with Crippen LogP contribution < -0.4 is 15.0 Å². The number of thiol groups is 1. The molecule has 0 saturated heterocycles. The Morgan fingerprint density at radius 3 is 2.73 bits per heavy atom. The van der Waals surface area contributed by atoms with E-state index >= 15 is 0 Å². The van der Waals surface area contributed by atoms with Gasteiger partial charge in [-0.05, 0) is 92.5 Å². The van der Waals surface area contributed by atoms with Crippen LogP contribution in [-0.4, -0.2) is 43.8 Å². The Balaban J connectivity index is 1.32. The fourth-order valence-corrected chi connectivity index (χ4v) is 7.24. The number of halogens is 1. The first-order valence-corrected chi connectivity index (χ1v) is 15.6. The molecular weight excluding hydrogens is 548 g/mol. The number of aromatic nitrogens is 2. The highest BCUT2D eigenvalue weighted by atomic mass is 35.5. The molecule has 1 fully saturated rings. The van der Waals surface area contributed by atoms with E-state index in [1.807, 2.05) is 25.1 Å². The zero-order valence-corrected chi connectivity index (χ0v) is 24.5. The number of anilines is 2. The van der Waals surface area contributed by atoms with Crippen molar-refractivity contribution in [3.63, 3.8) is 0 Å². The van der Waals surface area contributed by atoms with Crippen LogP contribution in [-0.2, 0) is 34.4 Å². The molecule has 2 atom stereocenters. The van der Waals surface area contributed by atoms with Gasteiger partial charge in [-0.3, -0.25) is 9.48 Å². The first-order chi connectivity index (χ1) is 19.2. The van der Waals surface area contributed by atoms with Gasteiger partial charge in [-0.2, -0.15) is 5.10 Å². The summed E-state index contributed by atoms with van der Waals surface area (Å²) in [6.07, 6.45) is 6.80. The average molecular weight is 583 g/mol. The van der Waals surface area contributed by atoms with Crippen LogP contribution in [0.25, 0.3) is 0 Å². The molecule has 1 saturated carbocycles. The maximum atomic E-state index is 13.2. The lowest BCUT2D eigenvalue weighted by atomic mass is 9.70. The number of rotatable bonds is 6. The number of carbonyl (C=O) groups excluding carboxylic acids is 1. The normalized spacial score (nSPS) is 21.2. The van der Waals surface area contributed by atoms with Gasteiger partial charge in [-0.25, -0.2) is 8.42 Å². The van der Waals surface area contributed by atoms with Crippen LogP contribution in [0.1, 0.15) is 59.9 Å². The molecule has 0 bridgehead atoms. The Morgan fingerprint density at radius 2 is 2.02 bits per heavy atom. The summed E-state index contributed by atoms with van der Waals surface area (Å²) in [6, 6.07) is 13.5. The van der Waals surface area contributed by atoms with Crippen molar-refractivity contribution in [2.75, 3.05) is 29.9 Å². The second kappa shape index (κ2) is 10.7. The number of fused-ring (bicyclic) bond motifs is 3. The third kappa shape index (κ3) is 5.09. The Labute approximate surface area is 241 Å². The zero-order chi connectivity index (χ0) is 28.0. The lowest BCUT2D eigenvalue weighted by Crippen LogP contribution is -2.47. The van der Waals surface area contributed by atoms with Gasteiger partial charge in [0.15, 0.2) is 16.0 Å². The molecule has 1 spiro atoms. The fraction of sp³-hybridized carbons (Fsp3) is 0.467. The molecule has 40 heavy (non-hydrogen) atoms. The van der Waals surface area contributed by atoms with Gasteiger partial charge >= 0.3 is 0 Å². The van der Waals surface area contributed by atoms with Crippen molar-refractivity contribution < 1.29 is 17.9 Å². The SMILES string of the molecule is Cc1cc(C(C(=O)Nc2ccc3c(c2)N(CC2CCC2)C[C@@]2(CCCc4cc(Cl)ccc42)CO3)[SH](=O)=O)nn1C. The lowest BCUT2D eigenvalue weighted by Gasteiger charge is -2.42. The summed E-state index contributed by atoms with van der Waals surface area (Å²) in [6.45, 7) is 4.11. The van der Waals surface area contributed by atoms with E-state index in [1.165, 1.54) is 30.4 Å². The number of nitrogens with one attached hydrogen (secondary N) is 1. The maximum Gasteiger partial charge on any atom is 0.248 e. The predicted molar refractivity (Wildman–Crippen MR) is 157 cm³/mol. The van der Waals surface area contributed by atoms with E-state index < -0.39 is 21.9 Å². The summed E-state index contributed by atoms with van der Waals surface area (Å²) in [7, 11) is -1.35. The summed E-state index contributed by atoms with van der Waals surface area (Å²) in [4.78, 5) is 15.7. The fourth-order valence-electron chi connectivity index (χ4n) is 6.45. The number of nitrogens with zero attached hydrogens (tertiary/aromatic N) is 3. The summed E-state index contributed by atoms with van der Waals surface area (Å²) in [5, 5.41) is 6.49. The van der Waals surface area contributed by atoms with Crippen LogP contribution in [0.4, 0.5) is 11.4 Å². The summed E-state index contributed by atoms with van der Waals surface area (Å²) in [5.74, 6) is 0.779. The monoisotopic (exact) mass is 582 g/mol. The molecular formula is C30H35ClN4O4S. The second-order valence-corrected chi connectivity index (χ2v) is 13.1. The van der Waals surface area contributed by atoms with Gasteiger partial charge in [0.2, 0.25) is 5.91 Å². The molecule has 2 aromatic carbocycles. The zero-order valence-electron chi connectivity index (χ0n) is 22.9. The third-order valence-electron chi connectivity index (χ3n) is 8.88. The Morgan fingerprint density at radius 1 is 1.20 bits per heavy atom. The van der Waals surface area contributed by atoms with E-state index in [0.717, 1.165) is 54.5 Å². The number of ether oxygens (including phenoxy) is 1. The van der Waals surface area contributed by atoms with Gasteiger partial charge < -0.3 is 15.0 Å². The van der Waals surface area contributed by atoms with Crippen molar-refractivity contribution >= 4 is 39.6 Å². The third-order valence-corrected chi connectivity index (χ3v) is 10.0. The molecule has 10 heteroatoms. The number of hydrogen-bond donors (Lipinski definition) is 2. The molecule has 2 aliphatic carbocycles. The molecule has 212 valence electrons. The van der Waals surface area contributed by atoms with Crippen molar-refractivity contribution in [3.05, 3.63) is 70.0 Å². The summed E-state index contributed by atoms with van der Waals surface area (Å²) >= 11 is 6.36. The van der Waals surface area contributed by atoms with Gasteiger partial charge in [-0.15, -0.1) is 0 Å². The van der Waals surface area contributed by atoms with Crippen LogP contribution in [0.15, 0.2) is 42.5 Å². The molecule has 1 unspecified atom stereocenters. The standard InChI is InChI=1S/C30H35ClN4O4S/c1-19-13-25(33-34(19)2)28(40(37)38)29(36)32-23-9-11-27-26(15-23)35(16-20-5-3-6-20)17-30(18-39-27)12-4-7-21-14-22(31)8-10-24(21)30/h8-11,13-15,20,28,40H,3-7,12,16-18H2,1-2H3,(H,32,36)/t28?,30-/m0/s1. The van der Waals surface area contributed by atoms with E-state index in [-0.39, 0.29) is 11.1 Å². The smallest absolute Gasteiger partial charge is 0.248 e. The highest BCUT2D eigenvalue weighted by molar-refractivity contribution is 7.73. The summed E-state index contributed by atoms with van der Waals surface area (Å²) < 4.78 is 32.3. The number of hydrogen-bond acceptors (Lipinski definition) is 6. The van der Waals surface area contributed by atoms with Crippen LogP contribution in [0.5, 0.6) is 5.75 Å². The summed E-state index contributed by atoms with van der Waals surface area (Å²) in [5.41, 5.74) is 4.91. The highest BCUT2D eigenvalue weighted by Crippen LogP contribution is 2.46. The molecule has 1 aromatic heterocycles. The Kier molecular flexibility index (Phi) is 7.29. The van der Waals surface area contributed by atoms with Gasteiger partial charge in [0, 0.05) is 42.0 Å². The van der Waals surface area contributed by atoms with Crippen molar-refractivity contribution in [1.82, 2.24) is 9.78 Å². The van der Waals surface area contributed by atoms with Crippen LogP contribution >= 0.6 is 11.6 Å². The van der Waals surface area contributed by atoms with Crippen molar-refractivity contribution in [1.29, 1.82) is 0 Å². The minimum absolute atomic E-state index is 0.159. The minimum Gasteiger partial charge on any atom is -0.490 e. The molecule has 3 aliphatic rings. The van der Waals surface area contributed by atoms with Crippen molar-refractivity contribution in [2.24, 2.45) is 13.0 Å². The number of carbonyl (C=O) groups is 1. The van der Waals surface area contributed by atoms with E-state index in [4.69, 9.17) is 16.3 Å². The van der Waals surface area contributed by atoms with Gasteiger partial charge in [0.25, 0.3) is 0 Å². The molecule has 6 rings (SSSR count). The second-order valence-electron chi connectivity index (χ2n) is 11.6. The molecule has 8 nitrogen and oxygen atoms in total. The number of amides is 1. The number of benzene rings is 2. The van der Waals surface area contributed by atoms with E-state index in [1.54, 1.807) is 23.9 Å².